The van der Waals surface area contributed by atoms with Crippen LogP contribution < -0.4 is 5.11 Å². The molecule has 0 spiro atoms. The van der Waals surface area contributed by atoms with Gasteiger partial charge in [-0.2, -0.15) is 13.9 Å². The summed E-state index contributed by atoms with van der Waals surface area (Å²) in [6.07, 6.45) is 4.42. The van der Waals surface area contributed by atoms with Crippen LogP contribution in [0.25, 0.3) is 5.57 Å². The molecule has 2 aromatic rings. The zero-order valence-corrected chi connectivity index (χ0v) is 12.8. The van der Waals surface area contributed by atoms with Gasteiger partial charge in [0.1, 0.15) is 5.82 Å². The molecular weight excluding hydrogens is 321 g/mol. The van der Waals surface area contributed by atoms with Crippen molar-refractivity contribution in [2.75, 3.05) is 0 Å². The zero-order valence-electron chi connectivity index (χ0n) is 12.8. The van der Waals surface area contributed by atoms with Gasteiger partial charge in [-0.25, -0.2) is 9.07 Å². The molecule has 126 valence electrons. The molecule has 0 saturated heterocycles. The van der Waals surface area contributed by atoms with Crippen LogP contribution in [0.5, 0.6) is 0 Å². The Kier molecular flexibility index (Phi) is 3.95. The second-order valence-corrected chi connectivity index (χ2v) is 5.83. The maximum Gasteiger partial charge on any atom is 0.333 e. The van der Waals surface area contributed by atoms with E-state index in [0.29, 0.717) is 27.8 Å². The molecule has 0 bridgehead atoms. The zero-order chi connectivity index (χ0) is 17.5. The van der Waals surface area contributed by atoms with Crippen molar-refractivity contribution >= 4 is 11.5 Å². The van der Waals surface area contributed by atoms with Crippen LogP contribution in [0, 0.1) is 12.7 Å². The van der Waals surface area contributed by atoms with E-state index in [9.17, 15) is 23.1 Å². The van der Waals surface area contributed by atoms with Gasteiger partial charge in [0.25, 0.3) is 0 Å². The molecular formula is C17H14F3N2O2-. The number of allylic oxidation sites excluding steroid dienone is 1. The van der Waals surface area contributed by atoms with Crippen molar-refractivity contribution < 1.29 is 23.1 Å². The van der Waals surface area contributed by atoms with Gasteiger partial charge in [0.2, 0.25) is 0 Å². The van der Waals surface area contributed by atoms with E-state index in [1.54, 1.807) is 6.07 Å². The van der Waals surface area contributed by atoms with Crippen LogP contribution in [0.15, 0.2) is 36.7 Å². The number of carbonyl (C=O) groups excluding carboxylic acids is 1. The molecule has 0 aliphatic heterocycles. The van der Waals surface area contributed by atoms with Gasteiger partial charge in [-0.3, -0.25) is 0 Å². The van der Waals surface area contributed by atoms with Crippen molar-refractivity contribution in [1.29, 1.82) is 0 Å². The minimum Gasteiger partial charge on any atom is -0.549 e. The van der Waals surface area contributed by atoms with Crippen molar-refractivity contribution in [3.63, 3.8) is 0 Å². The average molecular weight is 335 g/mol. The molecule has 3 rings (SSSR count). The van der Waals surface area contributed by atoms with E-state index in [4.69, 9.17) is 0 Å². The predicted molar refractivity (Wildman–Crippen MR) is 78.5 cm³/mol. The van der Waals surface area contributed by atoms with Crippen LogP contribution in [0.3, 0.4) is 0 Å². The summed E-state index contributed by atoms with van der Waals surface area (Å²) >= 11 is 0. The van der Waals surface area contributed by atoms with Gasteiger partial charge in [-0.05, 0) is 42.5 Å². The van der Waals surface area contributed by atoms with E-state index in [-0.39, 0.29) is 12.0 Å². The third-order valence-electron chi connectivity index (χ3n) is 4.49. The van der Waals surface area contributed by atoms with Crippen LogP contribution in [0.1, 0.15) is 36.1 Å². The first-order chi connectivity index (χ1) is 11.3. The number of hydrogen-bond donors (Lipinski definition) is 0. The molecule has 1 aliphatic carbocycles. The van der Waals surface area contributed by atoms with Crippen LogP contribution in [-0.2, 0) is 10.2 Å². The highest BCUT2D eigenvalue weighted by atomic mass is 19.3. The van der Waals surface area contributed by atoms with E-state index >= 15 is 0 Å². The van der Waals surface area contributed by atoms with Gasteiger partial charge in [-0.15, -0.1) is 0 Å². The van der Waals surface area contributed by atoms with Gasteiger partial charge in [0.15, 0.2) is 0 Å². The standard InChI is InChI=1S/C17H15F3N2O2/c1-10-13(3-2-4-14(10)18)17(15(23)24)6-5-11(7-17)12-8-21-22(9-12)16(19)20/h2-4,7-9,16H,5-6H2,1H3,(H,23,24)/p-1/t17-/m0/s1. The number of rotatable bonds is 4. The number of aliphatic carboxylic acids is 1. The summed E-state index contributed by atoms with van der Waals surface area (Å²) in [4.78, 5) is 11.9. The minimum atomic E-state index is -2.77. The normalized spacial score (nSPS) is 20.5. The lowest BCUT2D eigenvalue weighted by Gasteiger charge is -2.30. The molecule has 0 N–H and O–H groups in total. The lowest BCUT2D eigenvalue weighted by atomic mass is 9.78. The Labute approximate surface area is 136 Å². The van der Waals surface area contributed by atoms with Crippen molar-refractivity contribution in [2.24, 2.45) is 0 Å². The largest absolute Gasteiger partial charge is 0.549 e. The molecule has 1 aromatic carbocycles. The fourth-order valence-corrected chi connectivity index (χ4v) is 3.19. The number of benzene rings is 1. The van der Waals surface area contributed by atoms with Crippen LogP contribution >= 0.6 is 0 Å². The summed E-state index contributed by atoms with van der Waals surface area (Å²) in [6, 6.07) is 4.26. The summed E-state index contributed by atoms with van der Waals surface area (Å²) in [5.74, 6) is -1.84. The third kappa shape index (κ3) is 2.50. The first kappa shape index (κ1) is 16.3. The molecule has 0 amide bonds. The van der Waals surface area contributed by atoms with Crippen LogP contribution in [0.2, 0.25) is 0 Å². The molecule has 0 fully saturated rings. The Balaban J connectivity index is 2.08. The quantitative estimate of drug-likeness (QED) is 0.863. The van der Waals surface area contributed by atoms with Crippen molar-refractivity contribution in [3.8, 4) is 0 Å². The maximum atomic E-state index is 13.8. The highest BCUT2D eigenvalue weighted by Crippen LogP contribution is 2.44. The lowest BCUT2D eigenvalue weighted by Crippen LogP contribution is -2.43. The molecule has 4 nitrogen and oxygen atoms in total. The SMILES string of the molecule is Cc1c(F)cccc1[C@@]1(C(=O)[O-])C=C(c2cnn(C(F)F)c2)CC1. The first-order valence-corrected chi connectivity index (χ1v) is 7.36. The van der Waals surface area contributed by atoms with E-state index < -0.39 is 23.8 Å². The number of aromatic nitrogens is 2. The lowest BCUT2D eigenvalue weighted by molar-refractivity contribution is -0.311. The van der Waals surface area contributed by atoms with E-state index in [1.807, 2.05) is 0 Å². The highest BCUT2D eigenvalue weighted by Gasteiger charge is 2.38. The summed E-state index contributed by atoms with van der Waals surface area (Å²) in [5, 5.41) is 15.4. The fraction of sp³-hybridized carbons (Fsp3) is 0.294. The van der Waals surface area contributed by atoms with Crippen molar-refractivity contribution in [1.82, 2.24) is 9.78 Å². The highest BCUT2D eigenvalue weighted by molar-refractivity contribution is 5.88. The molecule has 1 aromatic heterocycles. The summed E-state index contributed by atoms with van der Waals surface area (Å²) < 4.78 is 39.6. The Hall–Kier alpha value is -2.57. The summed E-state index contributed by atoms with van der Waals surface area (Å²) in [6.45, 7) is -1.26. The second-order valence-electron chi connectivity index (χ2n) is 5.83. The Bertz CT molecular complexity index is 829. The molecule has 1 atom stereocenters. The smallest absolute Gasteiger partial charge is 0.333 e. The monoisotopic (exact) mass is 335 g/mol. The molecule has 1 aliphatic rings. The van der Waals surface area contributed by atoms with Gasteiger partial charge in [0, 0.05) is 11.8 Å². The van der Waals surface area contributed by atoms with Crippen molar-refractivity contribution in [3.05, 3.63) is 59.2 Å². The van der Waals surface area contributed by atoms with Gasteiger partial charge >= 0.3 is 6.55 Å². The number of hydrogen-bond acceptors (Lipinski definition) is 3. The van der Waals surface area contributed by atoms with E-state index in [0.717, 1.165) is 0 Å². The number of nitrogens with zero attached hydrogens (tertiary/aromatic N) is 2. The third-order valence-corrected chi connectivity index (χ3v) is 4.49. The molecule has 0 unspecified atom stereocenters. The minimum absolute atomic E-state index is 0.175. The Morgan fingerprint density at radius 3 is 2.79 bits per heavy atom. The average Bonchev–Trinajstić information content (AvgIpc) is 3.17. The fourth-order valence-electron chi connectivity index (χ4n) is 3.19. The van der Waals surface area contributed by atoms with Crippen LogP contribution in [0.4, 0.5) is 13.2 Å². The maximum absolute atomic E-state index is 13.8. The first-order valence-electron chi connectivity index (χ1n) is 7.36. The number of halogens is 3. The van der Waals surface area contributed by atoms with Crippen LogP contribution in [-0.4, -0.2) is 15.7 Å². The molecule has 24 heavy (non-hydrogen) atoms. The Morgan fingerprint density at radius 1 is 1.42 bits per heavy atom. The summed E-state index contributed by atoms with van der Waals surface area (Å²) in [5.41, 5.74) is 0.0810. The molecule has 1 heterocycles. The second kappa shape index (κ2) is 5.81. The molecule has 0 saturated carbocycles. The molecule has 0 radical (unpaired) electrons. The predicted octanol–water partition coefficient (Wildman–Crippen LogP) is 2.59. The number of carboxylic acid groups (broad SMARTS) is 1. The number of alkyl halides is 2. The van der Waals surface area contributed by atoms with Gasteiger partial charge in [0.05, 0.1) is 17.6 Å². The topological polar surface area (TPSA) is 57.9 Å². The van der Waals surface area contributed by atoms with Gasteiger partial charge in [-0.1, -0.05) is 18.2 Å². The van der Waals surface area contributed by atoms with E-state index in [1.165, 1.54) is 37.5 Å². The number of carboxylic acids is 1. The summed E-state index contributed by atoms with van der Waals surface area (Å²) in [7, 11) is 0. The van der Waals surface area contributed by atoms with Crippen molar-refractivity contribution in [2.45, 2.75) is 31.7 Å². The Morgan fingerprint density at radius 2 is 2.17 bits per heavy atom. The van der Waals surface area contributed by atoms with Gasteiger partial charge < -0.3 is 9.90 Å². The number of carbonyl (C=O) groups is 1. The molecule has 7 heteroatoms. The van der Waals surface area contributed by atoms with E-state index in [2.05, 4.69) is 5.10 Å².